The average Bonchev–Trinajstić information content (AvgIpc) is 2.29. The van der Waals surface area contributed by atoms with Crippen LogP contribution in [0.4, 0.5) is 4.39 Å². The zero-order valence-electron chi connectivity index (χ0n) is 9.58. The fourth-order valence-corrected chi connectivity index (χ4v) is 2.10. The van der Waals surface area contributed by atoms with Gasteiger partial charge < -0.3 is 5.11 Å². The Kier molecular flexibility index (Phi) is 3.34. The largest absolute Gasteiger partial charge is 0.478 e. The van der Waals surface area contributed by atoms with Crippen LogP contribution in [0.3, 0.4) is 0 Å². The first-order chi connectivity index (χ1) is 8.49. The molecule has 2 aromatic rings. The molecule has 0 radical (unpaired) electrons. The molecule has 92 valence electrons. The summed E-state index contributed by atoms with van der Waals surface area (Å²) in [7, 11) is 0. The first-order valence-corrected chi connectivity index (χ1v) is 5.66. The molecule has 0 spiro atoms. The molecule has 4 heteroatoms. The Morgan fingerprint density at radius 3 is 2.44 bits per heavy atom. The summed E-state index contributed by atoms with van der Waals surface area (Å²) in [5.74, 6) is -1.76. The number of benzene rings is 2. The van der Waals surface area contributed by atoms with Gasteiger partial charge in [0.15, 0.2) is 0 Å². The molecule has 18 heavy (non-hydrogen) atoms. The van der Waals surface area contributed by atoms with Crippen molar-refractivity contribution in [1.82, 2.24) is 0 Å². The van der Waals surface area contributed by atoms with Crippen molar-refractivity contribution in [3.63, 3.8) is 0 Å². The van der Waals surface area contributed by atoms with E-state index in [1.54, 1.807) is 12.1 Å². The molecule has 0 unspecified atom stereocenters. The predicted molar refractivity (Wildman–Crippen MR) is 68.5 cm³/mol. The van der Waals surface area contributed by atoms with Crippen molar-refractivity contribution in [1.29, 1.82) is 0 Å². The smallest absolute Gasteiger partial charge is 0.336 e. The Bertz CT molecular complexity index is 623. The highest BCUT2D eigenvalue weighted by molar-refractivity contribution is 6.33. The van der Waals surface area contributed by atoms with Crippen molar-refractivity contribution in [2.24, 2.45) is 0 Å². The third-order valence-electron chi connectivity index (χ3n) is 2.63. The molecule has 2 aromatic carbocycles. The molecular weight excluding hydrogens is 255 g/mol. The van der Waals surface area contributed by atoms with E-state index in [0.29, 0.717) is 16.1 Å². The lowest BCUT2D eigenvalue weighted by Crippen LogP contribution is -2.00. The summed E-state index contributed by atoms with van der Waals surface area (Å²) in [5, 5.41) is 9.54. The highest BCUT2D eigenvalue weighted by atomic mass is 35.5. The summed E-state index contributed by atoms with van der Waals surface area (Å²) < 4.78 is 13.1. The van der Waals surface area contributed by atoms with Gasteiger partial charge in [0, 0.05) is 10.6 Å². The molecule has 0 fully saturated rings. The number of hydrogen-bond acceptors (Lipinski definition) is 1. The number of aryl methyl sites for hydroxylation is 1. The second kappa shape index (κ2) is 4.78. The number of rotatable bonds is 2. The van der Waals surface area contributed by atoms with Crippen molar-refractivity contribution in [3.05, 3.63) is 58.4 Å². The Morgan fingerprint density at radius 2 is 1.83 bits per heavy atom. The molecule has 2 rings (SSSR count). The van der Waals surface area contributed by atoms with Gasteiger partial charge in [0.1, 0.15) is 5.82 Å². The highest BCUT2D eigenvalue weighted by Crippen LogP contribution is 2.31. The molecule has 0 bridgehead atoms. The van der Waals surface area contributed by atoms with Gasteiger partial charge in [-0.25, -0.2) is 9.18 Å². The first kappa shape index (κ1) is 12.6. The van der Waals surface area contributed by atoms with Crippen LogP contribution in [-0.2, 0) is 0 Å². The fraction of sp³-hybridized carbons (Fsp3) is 0.0714. The van der Waals surface area contributed by atoms with Gasteiger partial charge in [-0.1, -0.05) is 29.8 Å². The third kappa shape index (κ3) is 2.36. The van der Waals surface area contributed by atoms with Gasteiger partial charge in [-0.2, -0.15) is 0 Å². The number of halogens is 2. The minimum Gasteiger partial charge on any atom is -0.478 e. The van der Waals surface area contributed by atoms with E-state index in [2.05, 4.69) is 0 Å². The second-order valence-corrected chi connectivity index (χ2v) is 4.39. The van der Waals surface area contributed by atoms with Crippen molar-refractivity contribution < 1.29 is 14.3 Å². The maximum absolute atomic E-state index is 13.1. The van der Waals surface area contributed by atoms with Crippen molar-refractivity contribution in [3.8, 4) is 11.1 Å². The molecule has 0 amide bonds. The van der Waals surface area contributed by atoms with Crippen LogP contribution in [0.2, 0.25) is 5.02 Å². The lowest BCUT2D eigenvalue weighted by molar-refractivity contribution is 0.0697. The van der Waals surface area contributed by atoms with E-state index < -0.39 is 11.8 Å². The van der Waals surface area contributed by atoms with E-state index >= 15 is 0 Å². The lowest BCUT2D eigenvalue weighted by Gasteiger charge is -2.09. The first-order valence-electron chi connectivity index (χ1n) is 5.28. The van der Waals surface area contributed by atoms with Crippen LogP contribution < -0.4 is 0 Å². The Labute approximate surface area is 109 Å². The highest BCUT2D eigenvalue weighted by Gasteiger charge is 2.14. The monoisotopic (exact) mass is 264 g/mol. The topological polar surface area (TPSA) is 37.3 Å². The molecule has 0 heterocycles. The van der Waals surface area contributed by atoms with Crippen LogP contribution in [0.1, 0.15) is 15.9 Å². The number of carboxylic acids is 1. The van der Waals surface area contributed by atoms with Crippen molar-refractivity contribution >= 4 is 17.6 Å². The minimum atomic E-state index is -1.18. The van der Waals surface area contributed by atoms with E-state index in [9.17, 15) is 9.18 Å². The summed E-state index contributed by atoms with van der Waals surface area (Å²) in [6, 6.07) is 8.95. The van der Waals surface area contributed by atoms with Gasteiger partial charge in [-0.3, -0.25) is 0 Å². The third-order valence-corrected chi connectivity index (χ3v) is 2.94. The molecular formula is C14H10ClFO2. The number of aromatic carboxylic acids is 1. The van der Waals surface area contributed by atoms with Crippen molar-refractivity contribution in [2.45, 2.75) is 6.92 Å². The molecule has 0 aliphatic carbocycles. The van der Waals surface area contributed by atoms with Gasteiger partial charge >= 0.3 is 5.97 Å². The zero-order valence-corrected chi connectivity index (χ0v) is 10.3. The van der Waals surface area contributed by atoms with Crippen LogP contribution in [0, 0.1) is 12.7 Å². The summed E-state index contributed by atoms with van der Waals surface area (Å²) in [4.78, 5) is 11.1. The fourth-order valence-electron chi connectivity index (χ4n) is 1.77. The minimum absolute atomic E-state index is 0.0965. The SMILES string of the molecule is Cc1ccc(-c2ccc(F)cc2C(=O)O)c(Cl)c1. The van der Waals surface area contributed by atoms with Gasteiger partial charge in [0.05, 0.1) is 5.56 Å². The number of carbonyl (C=O) groups is 1. The van der Waals surface area contributed by atoms with Crippen LogP contribution >= 0.6 is 11.6 Å². The Hall–Kier alpha value is -1.87. The van der Waals surface area contributed by atoms with Gasteiger partial charge in [-0.15, -0.1) is 0 Å². The second-order valence-electron chi connectivity index (χ2n) is 3.98. The quantitative estimate of drug-likeness (QED) is 0.885. The molecule has 0 atom stereocenters. The Balaban J connectivity index is 2.67. The Morgan fingerprint density at radius 1 is 1.17 bits per heavy atom. The maximum Gasteiger partial charge on any atom is 0.336 e. The van der Waals surface area contributed by atoms with Crippen molar-refractivity contribution in [2.75, 3.05) is 0 Å². The van der Waals surface area contributed by atoms with E-state index in [1.807, 2.05) is 13.0 Å². The standard InChI is InChI=1S/C14H10ClFO2/c1-8-2-4-11(13(15)6-8)10-5-3-9(16)7-12(10)14(17)18/h2-7H,1H3,(H,17,18). The molecule has 1 N–H and O–H groups in total. The average molecular weight is 265 g/mol. The lowest BCUT2D eigenvalue weighted by atomic mass is 9.98. The molecule has 0 saturated heterocycles. The molecule has 0 aliphatic heterocycles. The van der Waals surface area contributed by atoms with Gasteiger partial charge in [0.2, 0.25) is 0 Å². The zero-order chi connectivity index (χ0) is 13.3. The van der Waals surface area contributed by atoms with Gasteiger partial charge in [-0.05, 0) is 36.2 Å². The maximum atomic E-state index is 13.1. The van der Waals surface area contributed by atoms with E-state index in [4.69, 9.17) is 16.7 Å². The van der Waals surface area contributed by atoms with Crippen LogP contribution in [-0.4, -0.2) is 11.1 Å². The summed E-state index contributed by atoms with van der Waals surface area (Å²) >= 11 is 6.09. The molecule has 0 aliphatic rings. The van der Waals surface area contributed by atoms with E-state index in [1.165, 1.54) is 12.1 Å². The molecule has 0 aromatic heterocycles. The summed E-state index contributed by atoms with van der Waals surface area (Å²) in [6.45, 7) is 1.89. The molecule has 0 saturated carbocycles. The number of hydrogen-bond donors (Lipinski definition) is 1. The molecule has 2 nitrogen and oxygen atoms in total. The van der Waals surface area contributed by atoms with Gasteiger partial charge in [0.25, 0.3) is 0 Å². The van der Waals surface area contributed by atoms with Crippen LogP contribution in [0.15, 0.2) is 36.4 Å². The van der Waals surface area contributed by atoms with Crippen LogP contribution in [0.5, 0.6) is 0 Å². The number of carboxylic acid groups (broad SMARTS) is 1. The summed E-state index contributed by atoms with van der Waals surface area (Å²) in [6.07, 6.45) is 0. The van der Waals surface area contributed by atoms with E-state index in [-0.39, 0.29) is 5.56 Å². The normalized spacial score (nSPS) is 10.4. The summed E-state index contributed by atoms with van der Waals surface area (Å²) in [5.41, 5.74) is 1.87. The van der Waals surface area contributed by atoms with Crippen LogP contribution in [0.25, 0.3) is 11.1 Å². The van der Waals surface area contributed by atoms with E-state index in [0.717, 1.165) is 11.6 Å². The predicted octanol–water partition coefficient (Wildman–Crippen LogP) is 4.15.